The number of nitrogens with zero attached hydrogens (tertiary/aromatic N) is 1. The molecule has 1 aromatic rings. The minimum absolute atomic E-state index is 0.755. The fraction of sp³-hybridized carbons (Fsp3) is 0.467. The number of fused-ring (bicyclic) bond motifs is 2. The van der Waals surface area contributed by atoms with Gasteiger partial charge in [-0.1, -0.05) is 40.2 Å². The first-order valence-corrected chi connectivity index (χ1v) is 7.18. The van der Waals surface area contributed by atoms with Gasteiger partial charge in [0.05, 0.1) is 0 Å². The van der Waals surface area contributed by atoms with Crippen LogP contribution < -0.4 is 0 Å². The van der Waals surface area contributed by atoms with Crippen LogP contribution in [0.25, 0.3) is 0 Å². The van der Waals surface area contributed by atoms with Gasteiger partial charge in [0.1, 0.15) is 0 Å². The summed E-state index contributed by atoms with van der Waals surface area (Å²) in [6.07, 6.45) is 5.15. The highest BCUT2D eigenvalue weighted by atomic mass is 79.9. The second-order valence-corrected chi connectivity index (χ2v) is 6.26. The zero-order valence-corrected chi connectivity index (χ0v) is 11.6. The van der Waals surface area contributed by atoms with E-state index in [2.05, 4.69) is 51.7 Å². The molecule has 0 amide bonds. The van der Waals surface area contributed by atoms with E-state index >= 15 is 0 Å². The third-order valence-electron chi connectivity index (χ3n) is 4.10. The summed E-state index contributed by atoms with van der Waals surface area (Å²) in [5.74, 6) is 0. The standard InChI is InChI=1S/C15H18BrN/c1-11-8-14-6-7-15(9-11)17(14)10-12-2-4-13(16)5-3-12/h2-5,14-15H,1,6-10H2. The molecule has 1 aromatic carbocycles. The van der Waals surface area contributed by atoms with Crippen LogP contribution in [-0.4, -0.2) is 17.0 Å². The lowest BCUT2D eigenvalue weighted by Gasteiger charge is -2.35. The quantitative estimate of drug-likeness (QED) is 0.741. The molecule has 2 fully saturated rings. The predicted octanol–water partition coefficient (Wildman–Crippen LogP) is 4.13. The summed E-state index contributed by atoms with van der Waals surface area (Å²) >= 11 is 3.49. The van der Waals surface area contributed by atoms with Crippen LogP contribution >= 0.6 is 15.9 Å². The average Bonchev–Trinajstić information content (AvgIpc) is 2.56. The molecule has 2 saturated heterocycles. The zero-order valence-electron chi connectivity index (χ0n) is 10.0. The van der Waals surface area contributed by atoms with Gasteiger partial charge in [-0.15, -0.1) is 0 Å². The predicted molar refractivity (Wildman–Crippen MR) is 74.9 cm³/mol. The fourth-order valence-corrected chi connectivity index (χ4v) is 3.53. The van der Waals surface area contributed by atoms with Gasteiger partial charge in [-0.25, -0.2) is 0 Å². The van der Waals surface area contributed by atoms with Crippen molar-refractivity contribution >= 4 is 15.9 Å². The summed E-state index contributed by atoms with van der Waals surface area (Å²) in [4.78, 5) is 2.69. The molecule has 2 aliphatic heterocycles. The third-order valence-corrected chi connectivity index (χ3v) is 4.63. The molecule has 3 rings (SSSR count). The molecule has 0 aliphatic carbocycles. The summed E-state index contributed by atoms with van der Waals surface area (Å²) < 4.78 is 1.16. The molecule has 0 radical (unpaired) electrons. The van der Waals surface area contributed by atoms with Crippen LogP contribution in [0.2, 0.25) is 0 Å². The van der Waals surface area contributed by atoms with E-state index in [1.54, 1.807) is 0 Å². The molecule has 90 valence electrons. The van der Waals surface area contributed by atoms with Crippen molar-refractivity contribution in [3.8, 4) is 0 Å². The summed E-state index contributed by atoms with van der Waals surface area (Å²) in [6, 6.07) is 10.2. The number of benzene rings is 1. The normalized spacial score (nSPS) is 28.6. The first-order valence-electron chi connectivity index (χ1n) is 6.39. The molecule has 0 aromatic heterocycles. The Balaban J connectivity index is 1.74. The largest absolute Gasteiger partial charge is 0.293 e. The van der Waals surface area contributed by atoms with Crippen molar-refractivity contribution in [3.05, 3.63) is 46.5 Å². The maximum atomic E-state index is 4.18. The van der Waals surface area contributed by atoms with Gasteiger partial charge in [-0.3, -0.25) is 4.90 Å². The van der Waals surface area contributed by atoms with Crippen LogP contribution in [0.15, 0.2) is 40.9 Å². The lowest BCUT2D eigenvalue weighted by molar-refractivity contribution is 0.157. The Morgan fingerprint density at radius 2 is 1.71 bits per heavy atom. The van der Waals surface area contributed by atoms with E-state index in [4.69, 9.17) is 0 Å². The Kier molecular flexibility index (Phi) is 3.10. The number of hydrogen-bond acceptors (Lipinski definition) is 1. The number of halogens is 1. The summed E-state index contributed by atoms with van der Waals surface area (Å²) in [7, 11) is 0. The molecule has 2 aliphatic rings. The van der Waals surface area contributed by atoms with Crippen molar-refractivity contribution in [2.45, 2.75) is 44.3 Å². The molecular formula is C15H18BrN. The van der Waals surface area contributed by atoms with Crippen LogP contribution in [0.5, 0.6) is 0 Å². The van der Waals surface area contributed by atoms with Crippen molar-refractivity contribution in [1.82, 2.24) is 4.90 Å². The van der Waals surface area contributed by atoms with Crippen LogP contribution in [0.4, 0.5) is 0 Å². The first-order chi connectivity index (χ1) is 8.22. The van der Waals surface area contributed by atoms with Gasteiger partial charge >= 0.3 is 0 Å². The van der Waals surface area contributed by atoms with E-state index in [0.717, 1.165) is 23.1 Å². The number of hydrogen-bond donors (Lipinski definition) is 0. The molecule has 0 N–H and O–H groups in total. The maximum Gasteiger partial charge on any atom is 0.0239 e. The first kappa shape index (κ1) is 11.5. The van der Waals surface area contributed by atoms with Crippen LogP contribution in [0.3, 0.4) is 0 Å². The maximum absolute atomic E-state index is 4.18. The van der Waals surface area contributed by atoms with E-state index in [0.29, 0.717) is 0 Å². The van der Waals surface area contributed by atoms with Gasteiger partial charge < -0.3 is 0 Å². The average molecular weight is 292 g/mol. The molecule has 1 nitrogen and oxygen atoms in total. The van der Waals surface area contributed by atoms with E-state index < -0.39 is 0 Å². The monoisotopic (exact) mass is 291 g/mol. The SMILES string of the molecule is C=C1CC2CCC(C1)N2Cc1ccc(Br)cc1. The molecule has 0 saturated carbocycles. The minimum Gasteiger partial charge on any atom is -0.293 e. The molecule has 2 heteroatoms. The number of rotatable bonds is 2. The second-order valence-electron chi connectivity index (χ2n) is 5.34. The Morgan fingerprint density at radius 1 is 1.12 bits per heavy atom. The van der Waals surface area contributed by atoms with E-state index in [9.17, 15) is 0 Å². The summed E-state index contributed by atoms with van der Waals surface area (Å²) in [6.45, 7) is 5.28. The molecule has 0 spiro atoms. The topological polar surface area (TPSA) is 3.24 Å². The summed E-state index contributed by atoms with van der Waals surface area (Å²) in [5, 5.41) is 0. The molecular weight excluding hydrogens is 274 g/mol. The van der Waals surface area contributed by atoms with Crippen molar-refractivity contribution in [2.75, 3.05) is 0 Å². The molecule has 2 atom stereocenters. The van der Waals surface area contributed by atoms with Gasteiger partial charge in [-0.05, 0) is 43.4 Å². The number of piperidine rings is 1. The Morgan fingerprint density at radius 3 is 2.29 bits per heavy atom. The van der Waals surface area contributed by atoms with E-state index in [1.165, 1.54) is 36.8 Å². The van der Waals surface area contributed by atoms with Crippen molar-refractivity contribution < 1.29 is 0 Å². The molecule has 17 heavy (non-hydrogen) atoms. The molecule has 2 bridgehead atoms. The van der Waals surface area contributed by atoms with Crippen LogP contribution in [0, 0.1) is 0 Å². The van der Waals surface area contributed by atoms with Gasteiger partial charge in [0.15, 0.2) is 0 Å². The van der Waals surface area contributed by atoms with Gasteiger partial charge in [0.25, 0.3) is 0 Å². The highest BCUT2D eigenvalue weighted by molar-refractivity contribution is 9.10. The Bertz CT molecular complexity index is 407. The van der Waals surface area contributed by atoms with E-state index in [1.807, 2.05) is 0 Å². The highest BCUT2D eigenvalue weighted by Gasteiger charge is 2.37. The zero-order chi connectivity index (χ0) is 11.8. The highest BCUT2D eigenvalue weighted by Crippen LogP contribution is 2.38. The smallest absolute Gasteiger partial charge is 0.0239 e. The van der Waals surface area contributed by atoms with Gasteiger partial charge in [-0.2, -0.15) is 0 Å². The Labute approximate surface area is 112 Å². The molecule has 2 heterocycles. The van der Waals surface area contributed by atoms with E-state index in [-0.39, 0.29) is 0 Å². The Hall–Kier alpha value is -0.600. The van der Waals surface area contributed by atoms with Gasteiger partial charge in [0.2, 0.25) is 0 Å². The minimum atomic E-state index is 0.755. The lowest BCUT2D eigenvalue weighted by atomic mass is 9.97. The van der Waals surface area contributed by atoms with Crippen LogP contribution in [-0.2, 0) is 6.54 Å². The second kappa shape index (κ2) is 4.58. The van der Waals surface area contributed by atoms with Crippen molar-refractivity contribution in [2.24, 2.45) is 0 Å². The van der Waals surface area contributed by atoms with Crippen molar-refractivity contribution in [1.29, 1.82) is 0 Å². The lowest BCUT2D eigenvalue weighted by Crippen LogP contribution is -2.39. The van der Waals surface area contributed by atoms with Gasteiger partial charge in [0, 0.05) is 23.1 Å². The van der Waals surface area contributed by atoms with Crippen molar-refractivity contribution in [3.63, 3.8) is 0 Å². The fourth-order valence-electron chi connectivity index (χ4n) is 3.26. The van der Waals surface area contributed by atoms with Crippen LogP contribution in [0.1, 0.15) is 31.2 Å². The summed E-state index contributed by atoms with van der Waals surface area (Å²) in [5.41, 5.74) is 2.89. The third kappa shape index (κ3) is 2.34. The molecule has 2 unspecified atom stereocenters.